The number of rotatable bonds is 5. The van der Waals surface area contributed by atoms with Crippen molar-refractivity contribution >= 4 is 14.1 Å². The van der Waals surface area contributed by atoms with Gasteiger partial charge in [0.05, 0.1) is 0 Å². The van der Waals surface area contributed by atoms with Crippen LogP contribution in [0, 0.1) is 6.92 Å². The molecule has 1 unspecified atom stereocenters. The van der Waals surface area contributed by atoms with E-state index >= 15 is 0 Å². The van der Waals surface area contributed by atoms with Crippen LogP contribution < -0.4 is 4.74 Å². The van der Waals surface area contributed by atoms with Gasteiger partial charge in [0.25, 0.3) is 6.35 Å². The average molecular weight is 211 g/mol. The largest absolute Gasteiger partial charge is 0.449 e. The van der Waals surface area contributed by atoms with E-state index < -0.39 is 7.80 Å². The molecule has 0 aliphatic rings. The van der Waals surface area contributed by atoms with Gasteiger partial charge in [-0.1, -0.05) is 22.3 Å². The second-order valence-corrected chi connectivity index (χ2v) is 4.50. The molecule has 14 heavy (non-hydrogen) atoms. The number of carbonyl (C=O) groups is 1. The van der Waals surface area contributed by atoms with Gasteiger partial charge in [0, 0.05) is 0 Å². The Kier molecular flexibility index (Phi) is 4.27. The zero-order chi connectivity index (χ0) is 10.4. The Hall–Kier alpha value is -1.21. The molecule has 1 aromatic rings. The smallest absolute Gasteiger partial charge is 0.387 e. The van der Waals surface area contributed by atoms with Gasteiger partial charge in [0.1, 0.15) is 5.75 Å². The molecule has 0 aliphatic heterocycles. The first kappa shape index (κ1) is 10.9. The molecule has 0 heterocycles. The minimum Gasteiger partial charge on any atom is -0.449 e. The lowest BCUT2D eigenvalue weighted by molar-refractivity contribution is -0.105. The first-order valence-electron chi connectivity index (χ1n) is 4.27. The van der Waals surface area contributed by atoms with E-state index in [1.54, 1.807) is 0 Å². The number of hydrogen-bond donors (Lipinski definition) is 0. The molecular weight excluding hydrogens is 199 g/mol. The van der Waals surface area contributed by atoms with Crippen LogP contribution in [0.25, 0.3) is 0 Å². The van der Waals surface area contributed by atoms with Gasteiger partial charge < -0.3 is 4.74 Å². The predicted octanol–water partition coefficient (Wildman–Crippen LogP) is 2.36. The van der Waals surface area contributed by atoms with Crippen molar-refractivity contribution in [2.45, 2.75) is 6.92 Å². The molecule has 0 aliphatic carbocycles. The average Bonchev–Trinajstić information content (AvgIpc) is 2.17. The van der Waals surface area contributed by atoms with Crippen LogP contribution in [0.15, 0.2) is 24.3 Å². The fraction of sp³-hybridized carbons (Fsp3) is 0.300. The summed E-state index contributed by atoms with van der Waals surface area (Å²) < 4.78 is 16.3. The number of benzene rings is 1. The van der Waals surface area contributed by atoms with Crippen molar-refractivity contribution in [2.24, 2.45) is 0 Å². The molecule has 0 spiro atoms. The van der Waals surface area contributed by atoms with Crippen LogP contribution in [0.3, 0.4) is 0 Å². The molecule has 3 nitrogen and oxygen atoms in total. The van der Waals surface area contributed by atoms with Crippen molar-refractivity contribution in [3.05, 3.63) is 29.8 Å². The standard InChI is InChI=1S/C10H12O3P/c1-9-2-4-10(5-3-9)13-8-14(12)7-6-11/h2-6H,7-8H2,1H3/q+1. The van der Waals surface area contributed by atoms with Gasteiger partial charge in [-0.05, 0) is 19.1 Å². The minimum atomic E-state index is -1.55. The number of aryl methyl sites for hydroxylation is 1. The van der Waals surface area contributed by atoms with Crippen LogP contribution >= 0.6 is 7.80 Å². The van der Waals surface area contributed by atoms with Crippen molar-refractivity contribution in [1.82, 2.24) is 0 Å². The molecule has 4 heteroatoms. The molecule has 1 aromatic carbocycles. The van der Waals surface area contributed by atoms with Crippen LogP contribution in [0.1, 0.15) is 5.56 Å². The maximum Gasteiger partial charge on any atom is 0.387 e. The molecular formula is C10H12O3P+. The van der Waals surface area contributed by atoms with E-state index in [0.717, 1.165) is 5.56 Å². The summed E-state index contributed by atoms with van der Waals surface area (Å²) in [6.07, 6.45) is 0.829. The molecule has 0 radical (unpaired) electrons. The van der Waals surface area contributed by atoms with Gasteiger partial charge in [0.2, 0.25) is 6.16 Å². The lowest BCUT2D eigenvalue weighted by atomic mass is 10.2. The van der Waals surface area contributed by atoms with E-state index in [1.807, 2.05) is 31.2 Å². The van der Waals surface area contributed by atoms with Gasteiger partial charge in [-0.2, -0.15) is 0 Å². The second kappa shape index (κ2) is 5.51. The highest BCUT2D eigenvalue weighted by Gasteiger charge is 2.14. The Balaban J connectivity index is 2.41. The molecule has 0 saturated carbocycles. The Bertz CT molecular complexity index is 319. The number of hydrogen-bond acceptors (Lipinski definition) is 3. The van der Waals surface area contributed by atoms with E-state index in [0.29, 0.717) is 12.0 Å². The minimum absolute atomic E-state index is 0.0706. The lowest BCUT2D eigenvalue weighted by Crippen LogP contribution is -1.94. The summed E-state index contributed by atoms with van der Waals surface area (Å²) in [5.74, 6) is 0.685. The number of carbonyl (C=O) groups excluding carboxylic acids is 1. The summed E-state index contributed by atoms with van der Waals surface area (Å²) in [7, 11) is -1.55. The topological polar surface area (TPSA) is 43.4 Å². The molecule has 74 valence electrons. The van der Waals surface area contributed by atoms with E-state index in [4.69, 9.17) is 4.74 Å². The molecule has 0 aromatic heterocycles. The first-order valence-corrected chi connectivity index (χ1v) is 5.90. The van der Waals surface area contributed by atoms with E-state index in [9.17, 15) is 9.36 Å². The second-order valence-electron chi connectivity index (χ2n) is 2.92. The van der Waals surface area contributed by atoms with E-state index in [2.05, 4.69) is 0 Å². The Labute approximate surface area is 83.9 Å². The third-order valence-electron chi connectivity index (χ3n) is 1.67. The monoisotopic (exact) mass is 211 g/mol. The molecule has 0 fully saturated rings. The van der Waals surface area contributed by atoms with Gasteiger partial charge in [-0.3, -0.25) is 4.79 Å². The van der Waals surface area contributed by atoms with Crippen molar-refractivity contribution in [3.8, 4) is 5.75 Å². The van der Waals surface area contributed by atoms with Crippen molar-refractivity contribution in [3.63, 3.8) is 0 Å². The first-order chi connectivity index (χ1) is 6.72. The summed E-state index contributed by atoms with van der Waals surface area (Å²) in [6.45, 7) is 1.98. The highest BCUT2D eigenvalue weighted by molar-refractivity contribution is 7.45. The highest BCUT2D eigenvalue weighted by Crippen LogP contribution is 2.21. The molecule has 1 atom stereocenters. The number of aldehydes is 1. The molecule has 0 amide bonds. The fourth-order valence-electron chi connectivity index (χ4n) is 0.917. The van der Waals surface area contributed by atoms with Crippen LogP contribution in [-0.4, -0.2) is 18.8 Å². The summed E-state index contributed by atoms with van der Waals surface area (Å²) in [5, 5.41) is 0. The maximum absolute atomic E-state index is 11.1. The fourth-order valence-corrected chi connectivity index (χ4v) is 1.48. The maximum atomic E-state index is 11.1. The summed E-state index contributed by atoms with van der Waals surface area (Å²) in [6, 6.07) is 7.48. The van der Waals surface area contributed by atoms with Crippen LogP contribution in [0.2, 0.25) is 0 Å². The summed E-state index contributed by atoms with van der Waals surface area (Å²) >= 11 is 0. The van der Waals surface area contributed by atoms with Gasteiger partial charge in [-0.15, -0.1) is 0 Å². The Morgan fingerprint density at radius 3 is 2.57 bits per heavy atom. The van der Waals surface area contributed by atoms with Gasteiger partial charge in [-0.25, -0.2) is 0 Å². The normalized spacial score (nSPS) is 10.8. The summed E-state index contributed by atoms with van der Waals surface area (Å²) in [5.41, 5.74) is 1.15. The quantitative estimate of drug-likeness (QED) is 0.554. The van der Waals surface area contributed by atoms with E-state index in [1.165, 1.54) is 0 Å². The molecule has 0 saturated heterocycles. The Morgan fingerprint density at radius 2 is 2.00 bits per heavy atom. The molecule has 0 bridgehead atoms. The van der Waals surface area contributed by atoms with Crippen LogP contribution in [-0.2, 0) is 9.36 Å². The Morgan fingerprint density at radius 1 is 1.36 bits per heavy atom. The van der Waals surface area contributed by atoms with Gasteiger partial charge in [0.15, 0.2) is 6.29 Å². The third kappa shape index (κ3) is 3.67. The number of ether oxygens (including phenoxy) is 1. The van der Waals surface area contributed by atoms with Crippen molar-refractivity contribution < 1.29 is 14.1 Å². The summed E-state index contributed by atoms with van der Waals surface area (Å²) in [4.78, 5) is 10.0. The highest BCUT2D eigenvalue weighted by atomic mass is 31.1. The lowest BCUT2D eigenvalue weighted by Gasteiger charge is -1.99. The van der Waals surface area contributed by atoms with Crippen molar-refractivity contribution in [2.75, 3.05) is 12.5 Å². The van der Waals surface area contributed by atoms with E-state index in [-0.39, 0.29) is 12.5 Å². The molecule has 1 rings (SSSR count). The van der Waals surface area contributed by atoms with Crippen LogP contribution in [0.5, 0.6) is 5.75 Å². The van der Waals surface area contributed by atoms with Crippen LogP contribution in [0.4, 0.5) is 0 Å². The zero-order valence-corrected chi connectivity index (χ0v) is 8.87. The van der Waals surface area contributed by atoms with Gasteiger partial charge >= 0.3 is 7.80 Å². The zero-order valence-electron chi connectivity index (χ0n) is 7.97. The predicted molar refractivity (Wildman–Crippen MR) is 55.2 cm³/mol. The van der Waals surface area contributed by atoms with Crippen molar-refractivity contribution in [1.29, 1.82) is 0 Å². The molecule has 0 N–H and O–H groups in total. The SMILES string of the molecule is Cc1ccc(OC[P+](=O)CC=O)cc1. The third-order valence-corrected chi connectivity index (χ3v) is 2.65.